The van der Waals surface area contributed by atoms with Crippen LogP contribution in [0.25, 0.3) is 16.5 Å². The molecule has 27 heavy (non-hydrogen) atoms. The molecule has 0 aliphatic carbocycles. The highest BCUT2D eigenvalue weighted by molar-refractivity contribution is 6.31. The van der Waals surface area contributed by atoms with E-state index in [1.165, 1.54) is 6.08 Å². The van der Waals surface area contributed by atoms with E-state index in [2.05, 4.69) is 28.4 Å². The Morgan fingerprint density at radius 3 is 2.70 bits per heavy atom. The molecule has 2 aromatic heterocycles. The molecule has 4 nitrogen and oxygen atoms in total. The third-order valence-electron chi connectivity index (χ3n) is 3.98. The molecule has 0 amide bonds. The van der Waals surface area contributed by atoms with Gasteiger partial charge in [0.2, 0.25) is 0 Å². The molecule has 1 aromatic carbocycles. The predicted molar refractivity (Wildman–Crippen MR) is 110 cm³/mol. The third-order valence-corrected chi connectivity index (χ3v) is 4.09. The molecule has 0 radical (unpaired) electrons. The van der Waals surface area contributed by atoms with Crippen molar-refractivity contribution in [2.45, 2.75) is 6.54 Å². The van der Waals surface area contributed by atoms with E-state index in [0.29, 0.717) is 17.8 Å². The summed E-state index contributed by atoms with van der Waals surface area (Å²) < 4.78 is 14.0. The van der Waals surface area contributed by atoms with Gasteiger partial charge in [-0.2, -0.15) is 0 Å². The predicted octanol–water partition coefficient (Wildman–Crippen LogP) is 5.45. The van der Waals surface area contributed by atoms with Crippen LogP contribution in [0.2, 0.25) is 0 Å². The number of fused-ring (bicyclic) bond motifs is 1. The van der Waals surface area contributed by atoms with Crippen LogP contribution in [0.1, 0.15) is 11.3 Å². The van der Waals surface area contributed by atoms with Crippen LogP contribution in [0, 0.1) is 0 Å². The van der Waals surface area contributed by atoms with Gasteiger partial charge >= 0.3 is 0 Å². The van der Waals surface area contributed by atoms with Crippen LogP contribution >= 0.6 is 11.6 Å². The summed E-state index contributed by atoms with van der Waals surface area (Å²) in [5, 5.41) is 4.43. The molecule has 0 aliphatic heterocycles. The molecular weight excluding hydrogens is 363 g/mol. The van der Waals surface area contributed by atoms with Crippen LogP contribution in [0.3, 0.4) is 0 Å². The lowest BCUT2D eigenvalue weighted by molar-refractivity contribution is 0.677. The number of allylic oxidation sites excluding steroid dienone is 4. The van der Waals surface area contributed by atoms with Gasteiger partial charge in [0.05, 0.1) is 16.9 Å². The second kappa shape index (κ2) is 8.12. The highest BCUT2D eigenvalue weighted by Gasteiger charge is 2.13. The Hall–Kier alpha value is -3.02. The molecule has 3 aromatic rings. The first-order valence-corrected chi connectivity index (χ1v) is 8.58. The lowest BCUT2D eigenvalue weighted by Crippen LogP contribution is -2.03. The van der Waals surface area contributed by atoms with E-state index in [4.69, 9.17) is 17.3 Å². The largest absolute Gasteiger partial charge is 0.355 e. The van der Waals surface area contributed by atoms with Crippen LogP contribution in [-0.4, -0.2) is 9.97 Å². The number of hydrogen-bond acceptors (Lipinski definition) is 4. The second-order valence-electron chi connectivity index (χ2n) is 5.84. The van der Waals surface area contributed by atoms with Gasteiger partial charge in [-0.25, -0.2) is 9.37 Å². The van der Waals surface area contributed by atoms with Crippen molar-refractivity contribution in [1.82, 2.24) is 9.97 Å². The van der Waals surface area contributed by atoms with Crippen molar-refractivity contribution in [3.63, 3.8) is 0 Å². The SMILES string of the molecule is C=C(Cl)/C=C(\C(=C)F)c1cc(Nc2ccncc2CN)c2ccccc2n1. The maximum atomic E-state index is 14.0. The van der Waals surface area contributed by atoms with Gasteiger partial charge in [0, 0.05) is 46.2 Å². The molecule has 0 saturated heterocycles. The summed E-state index contributed by atoms with van der Waals surface area (Å²) in [6.45, 7) is 7.32. The molecule has 0 unspecified atom stereocenters. The molecule has 136 valence electrons. The monoisotopic (exact) mass is 380 g/mol. The lowest BCUT2D eigenvalue weighted by atomic mass is 10.1. The molecule has 0 atom stereocenters. The first-order chi connectivity index (χ1) is 13.0. The van der Waals surface area contributed by atoms with E-state index < -0.39 is 5.83 Å². The molecule has 2 heterocycles. The van der Waals surface area contributed by atoms with E-state index in [1.807, 2.05) is 30.3 Å². The van der Waals surface area contributed by atoms with E-state index in [1.54, 1.807) is 18.5 Å². The standard InChI is InChI=1S/C21H18ClFN4/c1-13(22)9-17(14(2)23)21-10-20(16-5-3-4-6-19(16)27-21)26-18-7-8-25-12-15(18)11-24/h3-10,12H,1-2,11,24H2,(H,25,26,27)/b17-9+. The van der Waals surface area contributed by atoms with Crippen LogP contribution in [0.5, 0.6) is 0 Å². The maximum Gasteiger partial charge on any atom is 0.125 e. The number of nitrogens with one attached hydrogen (secondary N) is 1. The second-order valence-corrected chi connectivity index (χ2v) is 6.33. The van der Waals surface area contributed by atoms with E-state index in [0.717, 1.165) is 22.3 Å². The Balaban J connectivity index is 2.19. The first kappa shape index (κ1) is 18.8. The summed E-state index contributed by atoms with van der Waals surface area (Å²) in [5.74, 6) is -0.642. The topological polar surface area (TPSA) is 63.8 Å². The van der Waals surface area contributed by atoms with Gasteiger partial charge in [-0.05, 0) is 24.3 Å². The molecule has 0 bridgehead atoms. The van der Waals surface area contributed by atoms with Gasteiger partial charge in [0.1, 0.15) is 5.83 Å². The summed E-state index contributed by atoms with van der Waals surface area (Å²) in [6, 6.07) is 11.2. The minimum atomic E-state index is -0.642. The Bertz CT molecular complexity index is 1060. The third kappa shape index (κ3) is 4.22. The van der Waals surface area contributed by atoms with Crippen molar-refractivity contribution in [3.8, 4) is 0 Å². The summed E-state index contributed by atoms with van der Waals surface area (Å²) in [6.07, 6.45) is 4.79. The number of rotatable bonds is 6. The summed E-state index contributed by atoms with van der Waals surface area (Å²) in [4.78, 5) is 8.64. The maximum absolute atomic E-state index is 14.0. The quantitative estimate of drug-likeness (QED) is 0.558. The number of aromatic nitrogens is 2. The number of nitrogens with zero attached hydrogens (tertiary/aromatic N) is 2. The van der Waals surface area contributed by atoms with Crippen molar-refractivity contribution < 1.29 is 4.39 Å². The fourth-order valence-electron chi connectivity index (χ4n) is 2.72. The molecule has 0 saturated carbocycles. The fourth-order valence-corrected chi connectivity index (χ4v) is 2.83. The zero-order valence-corrected chi connectivity index (χ0v) is 15.3. The molecule has 0 spiro atoms. The summed E-state index contributed by atoms with van der Waals surface area (Å²) >= 11 is 5.85. The zero-order valence-electron chi connectivity index (χ0n) is 14.5. The lowest BCUT2D eigenvalue weighted by Gasteiger charge is -2.15. The van der Waals surface area contributed by atoms with Crippen LogP contribution < -0.4 is 11.1 Å². The van der Waals surface area contributed by atoms with Crippen LogP contribution in [0.4, 0.5) is 15.8 Å². The van der Waals surface area contributed by atoms with Gasteiger partial charge in [0.25, 0.3) is 0 Å². The summed E-state index contributed by atoms with van der Waals surface area (Å²) in [5.41, 5.74) is 9.51. The van der Waals surface area contributed by atoms with Crippen molar-refractivity contribution in [3.05, 3.63) is 90.1 Å². The Kier molecular flexibility index (Phi) is 5.64. The number of nitrogens with two attached hydrogens (primary N) is 1. The Labute approximate surface area is 161 Å². The number of benzene rings is 1. The molecule has 3 N–H and O–H groups in total. The fraction of sp³-hybridized carbons (Fsp3) is 0.0476. The summed E-state index contributed by atoms with van der Waals surface area (Å²) in [7, 11) is 0. The number of para-hydroxylation sites is 1. The van der Waals surface area contributed by atoms with Gasteiger partial charge in [-0.3, -0.25) is 4.98 Å². The Morgan fingerprint density at radius 1 is 1.22 bits per heavy atom. The molecule has 0 fully saturated rings. The normalized spacial score (nSPS) is 11.4. The van der Waals surface area contributed by atoms with E-state index >= 15 is 0 Å². The average molecular weight is 381 g/mol. The van der Waals surface area contributed by atoms with Crippen molar-refractivity contribution >= 4 is 39.5 Å². The first-order valence-electron chi connectivity index (χ1n) is 8.20. The van der Waals surface area contributed by atoms with Crippen LogP contribution in [0.15, 0.2) is 78.9 Å². The number of anilines is 2. The zero-order chi connectivity index (χ0) is 19.4. The van der Waals surface area contributed by atoms with E-state index in [-0.39, 0.29) is 10.6 Å². The van der Waals surface area contributed by atoms with E-state index in [9.17, 15) is 4.39 Å². The highest BCUT2D eigenvalue weighted by Crippen LogP contribution is 2.32. The van der Waals surface area contributed by atoms with Crippen LogP contribution in [-0.2, 0) is 6.54 Å². The molecule has 3 rings (SSSR count). The number of pyridine rings is 2. The molecular formula is C21H18ClFN4. The number of hydrogen-bond donors (Lipinski definition) is 2. The smallest absolute Gasteiger partial charge is 0.125 e. The van der Waals surface area contributed by atoms with Crippen molar-refractivity contribution in [1.29, 1.82) is 0 Å². The van der Waals surface area contributed by atoms with Gasteiger partial charge in [-0.15, -0.1) is 0 Å². The van der Waals surface area contributed by atoms with Gasteiger partial charge < -0.3 is 11.1 Å². The van der Waals surface area contributed by atoms with Gasteiger partial charge in [-0.1, -0.05) is 43.0 Å². The molecule has 6 heteroatoms. The van der Waals surface area contributed by atoms with Crippen molar-refractivity contribution in [2.75, 3.05) is 5.32 Å². The minimum Gasteiger partial charge on any atom is -0.355 e. The van der Waals surface area contributed by atoms with Gasteiger partial charge in [0.15, 0.2) is 0 Å². The number of halogens is 2. The minimum absolute atomic E-state index is 0.178. The average Bonchev–Trinajstić information content (AvgIpc) is 2.66. The highest BCUT2D eigenvalue weighted by atomic mass is 35.5. The van der Waals surface area contributed by atoms with Crippen molar-refractivity contribution in [2.24, 2.45) is 5.73 Å². The Morgan fingerprint density at radius 2 is 2.00 bits per heavy atom. The molecule has 0 aliphatic rings.